The molecule has 1 N–H and O–H groups in total. The monoisotopic (exact) mass is 276 g/mol. The van der Waals surface area contributed by atoms with E-state index in [9.17, 15) is 0 Å². The molecule has 0 radical (unpaired) electrons. The summed E-state index contributed by atoms with van der Waals surface area (Å²) in [7, 11) is 1.64. The van der Waals surface area contributed by atoms with E-state index in [0.717, 1.165) is 17.2 Å². The van der Waals surface area contributed by atoms with Crippen LogP contribution in [0.1, 0.15) is 11.4 Å². The summed E-state index contributed by atoms with van der Waals surface area (Å²) in [6, 6.07) is 1.90. The summed E-state index contributed by atoms with van der Waals surface area (Å²) in [5.41, 5.74) is 3.61. The Balaban J connectivity index is 1.89. The summed E-state index contributed by atoms with van der Waals surface area (Å²) in [6.07, 6.45) is 1.48. The highest BCUT2D eigenvalue weighted by molar-refractivity contribution is 7.07. The fourth-order valence-corrected chi connectivity index (χ4v) is 2.27. The second-order valence-corrected chi connectivity index (χ2v) is 4.59. The molecule has 0 saturated heterocycles. The average molecular weight is 276 g/mol. The average Bonchev–Trinajstić information content (AvgIpc) is 3.07. The van der Waals surface area contributed by atoms with E-state index >= 15 is 0 Å². The number of nitrogens with zero attached hydrogens (tertiary/aromatic N) is 5. The number of rotatable bonds is 5. The van der Waals surface area contributed by atoms with E-state index in [2.05, 4.69) is 25.4 Å². The van der Waals surface area contributed by atoms with Crippen LogP contribution in [0.15, 0.2) is 23.3 Å². The number of anilines is 1. The van der Waals surface area contributed by atoms with Crippen molar-refractivity contribution in [2.45, 2.75) is 13.2 Å². The molecule has 3 heterocycles. The van der Waals surface area contributed by atoms with Crippen molar-refractivity contribution in [3.63, 3.8) is 0 Å². The zero-order valence-corrected chi connectivity index (χ0v) is 11.1. The highest BCUT2D eigenvalue weighted by Gasteiger charge is 2.07. The normalized spacial score (nSPS) is 11.0. The molecule has 0 spiro atoms. The van der Waals surface area contributed by atoms with E-state index < -0.39 is 0 Å². The van der Waals surface area contributed by atoms with Crippen LogP contribution in [0.2, 0.25) is 0 Å². The molecule has 0 aliphatic carbocycles. The first-order valence-electron chi connectivity index (χ1n) is 5.66. The van der Waals surface area contributed by atoms with Gasteiger partial charge >= 0.3 is 0 Å². The first-order chi connectivity index (χ1) is 9.36. The minimum atomic E-state index is 0.439. The van der Waals surface area contributed by atoms with Gasteiger partial charge in [0.1, 0.15) is 12.1 Å². The van der Waals surface area contributed by atoms with Gasteiger partial charge in [-0.15, -0.1) is 11.3 Å². The Labute approximate surface area is 113 Å². The van der Waals surface area contributed by atoms with Crippen LogP contribution in [0.3, 0.4) is 0 Å². The third-order valence-corrected chi connectivity index (χ3v) is 3.17. The number of hydrogen-bond donors (Lipinski definition) is 1. The van der Waals surface area contributed by atoms with Crippen LogP contribution in [-0.4, -0.2) is 31.7 Å². The number of hydrogen-bond acceptors (Lipinski definition) is 7. The Bertz CT molecular complexity index is 665. The van der Waals surface area contributed by atoms with Crippen LogP contribution in [0.4, 0.5) is 5.82 Å². The minimum absolute atomic E-state index is 0.439. The number of aromatic nitrogens is 5. The Hall–Kier alpha value is -2.06. The highest BCUT2D eigenvalue weighted by Crippen LogP contribution is 2.13. The zero-order valence-electron chi connectivity index (χ0n) is 10.3. The lowest BCUT2D eigenvalue weighted by Crippen LogP contribution is -2.08. The fraction of sp³-hybridized carbons (Fsp3) is 0.273. The third kappa shape index (κ3) is 2.54. The summed E-state index contributed by atoms with van der Waals surface area (Å²) in [5, 5.41) is 9.43. The quantitative estimate of drug-likeness (QED) is 0.757. The van der Waals surface area contributed by atoms with Gasteiger partial charge in [0.05, 0.1) is 30.1 Å². The first kappa shape index (κ1) is 12.0. The maximum absolute atomic E-state index is 5.10. The van der Waals surface area contributed by atoms with Crippen molar-refractivity contribution in [3.8, 4) is 0 Å². The predicted octanol–water partition coefficient (Wildman–Crippen LogP) is 1.34. The van der Waals surface area contributed by atoms with E-state index in [1.54, 1.807) is 23.0 Å². The van der Waals surface area contributed by atoms with Gasteiger partial charge in [0.15, 0.2) is 0 Å². The fourth-order valence-electron chi connectivity index (χ4n) is 1.71. The van der Waals surface area contributed by atoms with Crippen LogP contribution in [0.25, 0.3) is 5.78 Å². The van der Waals surface area contributed by atoms with Gasteiger partial charge in [-0.2, -0.15) is 14.6 Å². The van der Waals surface area contributed by atoms with Crippen molar-refractivity contribution in [1.82, 2.24) is 24.6 Å². The molecule has 0 aliphatic heterocycles. The van der Waals surface area contributed by atoms with Crippen LogP contribution in [-0.2, 0) is 17.9 Å². The molecule has 0 saturated carbocycles. The Morgan fingerprint density at radius 2 is 2.32 bits per heavy atom. The maximum Gasteiger partial charge on any atom is 0.254 e. The molecule has 3 rings (SSSR count). The Morgan fingerprint density at radius 1 is 1.37 bits per heavy atom. The van der Waals surface area contributed by atoms with Gasteiger partial charge in [-0.05, 0) is 0 Å². The number of ether oxygens (including phenoxy) is 1. The summed E-state index contributed by atoms with van der Waals surface area (Å²) in [6.45, 7) is 1.07. The second-order valence-electron chi connectivity index (χ2n) is 3.87. The maximum atomic E-state index is 5.10. The topological polar surface area (TPSA) is 77.2 Å². The summed E-state index contributed by atoms with van der Waals surface area (Å²) >= 11 is 1.57. The number of fused-ring (bicyclic) bond motifs is 1. The van der Waals surface area contributed by atoms with Gasteiger partial charge < -0.3 is 10.1 Å². The van der Waals surface area contributed by atoms with Gasteiger partial charge in [-0.25, -0.2) is 9.97 Å². The van der Waals surface area contributed by atoms with Crippen molar-refractivity contribution in [2.24, 2.45) is 0 Å². The molecule has 8 heteroatoms. The lowest BCUT2D eigenvalue weighted by molar-refractivity contribution is 0.181. The number of nitrogens with one attached hydrogen (secondary N) is 1. The molecule has 19 heavy (non-hydrogen) atoms. The van der Waals surface area contributed by atoms with Crippen molar-refractivity contribution in [1.29, 1.82) is 0 Å². The van der Waals surface area contributed by atoms with E-state index in [0.29, 0.717) is 18.9 Å². The van der Waals surface area contributed by atoms with Gasteiger partial charge in [-0.1, -0.05) is 0 Å². The molecule has 0 bridgehead atoms. The molecule has 0 aromatic carbocycles. The van der Waals surface area contributed by atoms with E-state index in [4.69, 9.17) is 4.74 Å². The largest absolute Gasteiger partial charge is 0.378 e. The molecule has 0 aliphatic rings. The Morgan fingerprint density at radius 3 is 3.11 bits per heavy atom. The van der Waals surface area contributed by atoms with Crippen molar-refractivity contribution >= 4 is 22.9 Å². The second kappa shape index (κ2) is 5.29. The molecule has 3 aromatic heterocycles. The number of thiazole rings is 1. The van der Waals surface area contributed by atoms with E-state index in [-0.39, 0.29) is 0 Å². The SMILES string of the molecule is COCc1cc(NCc2cscn2)n2ncnc2n1. The molecule has 0 amide bonds. The molecule has 0 atom stereocenters. The smallest absolute Gasteiger partial charge is 0.254 e. The van der Waals surface area contributed by atoms with Gasteiger partial charge in [0.2, 0.25) is 0 Å². The third-order valence-electron chi connectivity index (χ3n) is 2.53. The molecule has 3 aromatic rings. The summed E-state index contributed by atoms with van der Waals surface area (Å²) in [5.74, 6) is 1.37. The van der Waals surface area contributed by atoms with Crippen molar-refractivity contribution in [2.75, 3.05) is 12.4 Å². The van der Waals surface area contributed by atoms with Crippen LogP contribution in [0.5, 0.6) is 0 Å². The van der Waals surface area contributed by atoms with Gasteiger partial charge in [0, 0.05) is 18.6 Å². The van der Waals surface area contributed by atoms with Gasteiger partial charge in [0.25, 0.3) is 5.78 Å². The van der Waals surface area contributed by atoms with Crippen molar-refractivity contribution < 1.29 is 4.74 Å². The Kier molecular flexibility index (Phi) is 3.34. The summed E-state index contributed by atoms with van der Waals surface area (Å²) in [4.78, 5) is 12.7. The molecular weight excluding hydrogens is 264 g/mol. The highest BCUT2D eigenvalue weighted by atomic mass is 32.1. The molecule has 7 nitrogen and oxygen atoms in total. The predicted molar refractivity (Wildman–Crippen MR) is 70.9 cm³/mol. The molecule has 98 valence electrons. The van der Waals surface area contributed by atoms with Gasteiger partial charge in [-0.3, -0.25) is 0 Å². The first-order valence-corrected chi connectivity index (χ1v) is 6.60. The van der Waals surface area contributed by atoms with Crippen LogP contribution >= 0.6 is 11.3 Å². The zero-order chi connectivity index (χ0) is 13.1. The van der Waals surface area contributed by atoms with Crippen LogP contribution < -0.4 is 5.32 Å². The lowest BCUT2D eigenvalue weighted by atomic mass is 10.4. The van der Waals surface area contributed by atoms with Crippen molar-refractivity contribution in [3.05, 3.63) is 34.7 Å². The molecule has 0 fully saturated rings. The lowest BCUT2D eigenvalue weighted by Gasteiger charge is -2.08. The molecule has 0 unspecified atom stereocenters. The van der Waals surface area contributed by atoms with Crippen LogP contribution in [0, 0.1) is 0 Å². The van der Waals surface area contributed by atoms with E-state index in [1.165, 1.54) is 6.33 Å². The molecular formula is C11H12N6OS. The summed E-state index contributed by atoms with van der Waals surface area (Å²) < 4.78 is 6.76. The standard InChI is InChI=1S/C11H12N6OS/c1-18-4-8-2-10(12-3-9-5-19-7-14-9)17-11(16-8)13-6-15-17/h2,5-7,12H,3-4H2,1H3. The number of methoxy groups -OCH3 is 1. The van der Waals surface area contributed by atoms with E-state index in [1.807, 2.05) is 17.0 Å². The minimum Gasteiger partial charge on any atom is -0.378 e.